The number of anilines is 2. The van der Waals surface area contributed by atoms with Crippen LogP contribution in [0, 0.1) is 5.82 Å². The molecule has 0 bridgehead atoms. The fourth-order valence-corrected chi connectivity index (χ4v) is 4.90. The number of rotatable bonds is 6. The van der Waals surface area contributed by atoms with Gasteiger partial charge in [-0.25, -0.2) is 14.4 Å². The van der Waals surface area contributed by atoms with E-state index in [0.29, 0.717) is 18.8 Å². The molecule has 0 radical (unpaired) electrons. The number of fused-ring (bicyclic) bond motifs is 1. The number of carbonyl (C=O) groups is 2. The van der Waals surface area contributed by atoms with Gasteiger partial charge in [-0.1, -0.05) is 6.07 Å². The van der Waals surface area contributed by atoms with Crippen molar-refractivity contribution in [1.82, 2.24) is 24.6 Å². The van der Waals surface area contributed by atoms with Crippen molar-refractivity contribution in [3.63, 3.8) is 0 Å². The van der Waals surface area contributed by atoms with Gasteiger partial charge in [0, 0.05) is 51.7 Å². The molecule has 2 amide bonds. The second-order valence-electron chi connectivity index (χ2n) is 9.22. The fraction of sp³-hybridized carbons (Fsp3) is 0.296. The Bertz CT molecular complexity index is 1540. The highest BCUT2D eigenvalue weighted by Gasteiger charge is 2.30. The summed E-state index contributed by atoms with van der Waals surface area (Å²) in [5.41, 5.74) is 2.43. The Morgan fingerprint density at radius 1 is 1.21 bits per heavy atom. The zero-order valence-electron chi connectivity index (χ0n) is 21.6. The Balaban J connectivity index is 1.50. The van der Waals surface area contributed by atoms with Crippen LogP contribution in [-0.2, 0) is 11.8 Å². The largest absolute Gasteiger partial charge is 0.496 e. The summed E-state index contributed by atoms with van der Waals surface area (Å²) in [6.45, 7) is 2.84. The first kappa shape index (κ1) is 25.1. The van der Waals surface area contributed by atoms with Crippen LogP contribution in [0.1, 0.15) is 23.8 Å². The fourth-order valence-electron chi connectivity index (χ4n) is 4.90. The topological polar surface area (TPSA) is 105 Å². The lowest BCUT2D eigenvalue weighted by molar-refractivity contribution is -0.127. The molecule has 4 aromatic rings. The highest BCUT2D eigenvalue weighted by atomic mass is 19.1. The number of halogens is 1. The molecule has 3 heterocycles. The summed E-state index contributed by atoms with van der Waals surface area (Å²) >= 11 is 0. The zero-order chi connectivity index (χ0) is 27.0. The molecule has 38 heavy (non-hydrogen) atoms. The third-order valence-corrected chi connectivity index (χ3v) is 6.97. The number of amides is 2. The summed E-state index contributed by atoms with van der Waals surface area (Å²) in [6.07, 6.45) is 3.98. The maximum atomic E-state index is 14.6. The van der Waals surface area contributed by atoms with Gasteiger partial charge in [-0.05, 0) is 36.8 Å². The van der Waals surface area contributed by atoms with E-state index in [9.17, 15) is 14.0 Å². The standard InChI is InChI=1S/C27H28FN7O3/c1-16(36)35-13-11-17(15-35)33(2)25-18-14-30-34(3)22(18)9-8-20(25)32-27(37)21-10-12-29-26(31-21)24-19(28)6-5-7-23(24)38-4/h5-10,12,14,17H,11,13,15H2,1-4H3,(H,32,37). The van der Waals surface area contributed by atoms with Crippen LogP contribution >= 0.6 is 0 Å². The summed E-state index contributed by atoms with van der Waals surface area (Å²) in [4.78, 5) is 37.7. The number of benzene rings is 2. The predicted octanol–water partition coefficient (Wildman–Crippen LogP) is 3.49. The van der Waals surface area contributed by atoms with Gasteiger partial charge in [0.15, 0.2) is 5.82 Å². The highest BCUT2D eigenvalue weighted by Crippen LogP contribution is 2.37. The van der Waals surface area contributed by atoms with E-state index in [1.54, 1.807) is 23.9 Å². The number of hydrogen-bond acceptors (Lipinski definition) is 7. The molecule has 1 unspecified atom stereocenters. The van der Waals surface area contributed by atoms with E-state index < -0.39 is 11.7 Å². The second kappa shape index (κ2) is 10.1. The van der Waals surface area contributed by atoms with Crippen molar-refractivity contribution in [2.24, 2.45) is 7.05 Å². The number of likely N-dealkylation sites (tertiary alicyclic amines) is 1. The predicted molar refractivity (Wildman–Crippen MR) is 142 cm³/mol. The number of carbonyl (C=O) groups excluding carboxylic acids is 2. The van der Waals surface area contributed by atoms with Crippen molar-refractivity contribution in [3.05, 3.63) is 60.3 Å². The van der Waals surface area contributed by atoms with E-state index in [1.807, 2.05) is 31.1 Å². The molecule has 2 aromatic carbocycles. The quantitative estimate of drug-likeness (QED) is 0.417. The summed E-state index contributed by atoms with van der Waals surface area (Å²) in [6, 6.07) is 9.68. The maximum absolute atomic E-state index is 14.6. The first-order chi connectivity index (χ1) is 18.3. The first-order valence-corrected chi connectivity index (χ1v) is 12.2. The van der Waals surface area contributed by atoms with Gasteiger partial charge in [0.2, 0.25) is 5.91 Å². The average molecular weight is 518 g/mol. The number of nitrogens with one attached hydrogen (secondary N) is 1. The molecule has 0 saturated carbocycles. The van der Waals surface area contributed by atoms with E-state index in [-0.39, 0.29) is 34.8 Å². The molecule has 5 rings (SSSR count). The van der Waals surface area contributed by atoms with Crippen LogP contribution in [0.5, 0.6) is 5.75 Å². The normalized spacial score (nSPS) is 15.1. The van der Waals surface area contributed by atoms with Crippen LogP contribution in [0.25, 0.3) is 22.3 Å². The Morgan fingerprint density at radius 2 is 2.03 bits per heavy atom. The molecular formula is C27H28FN7O3. The van der Waals surface area contributed by atoms with Crippen LogP contribution in [0.3, 0.4) is 0 Å². The Morgan fingerprint density at radius 3 is 2.76 bits per heavy atom. The van der Waals surface area contributed by atoms with Crippen molar-refractivity contribution in [3.8, 4) is 17.1 Å². The monoisotopic (exact) mass is 517 g/mol. The molecule has 1 aliphatic heterocycles. The third-order valence-electron chi connectivity index (χ3n) is 6.97. The van der Waals surface area contributed by atoms with Gasteiger partial charge in [-0.2, -0.15) is 5.10 Å². The molecular weight excluding hydrogens is 489 g/mol. The van der Waals surface area contributed by atoms with E-state index in [0.717, 1.165) is 23.0 Å². The van der Waals surface area contributed by atoms with Crippen LogP contribution in [0.15, 0.2) is 48.8 Å². The third kappa shape index (κ3) is 4.51. The number of aryl methyl sites for hydroxylation is 1. The number of methoxy groups -OCH3 is 1. The molecule has 1 N–H and O–H groups in total. The minimum absolute atomic E-state index is 0.0417. The summed E-state index contributed by atoms with van der Waals surface area (Å²) in [5.74, 6) is -0.671. The zero-order valence-corrected chi connectivity index (χ0v) is 21.6. The summed E-state index contributed by atoms with van der Waals surface area (Å²) in [7, 11) is 5.25. The van der Waals surface area contributed by atoms with Crippen molar-refractivity contribution in [2.45, 2.75) is 19.4 Å². The lowest BCUT2D eigenvalue weighted by atomic mass is 10.1. The number of aromatic nitrogens is 4. The van der Waals surface area contributed by atoms with Gasteiger partial charge < -0.3 is 19.9 Å². The number of ether oxygens (including phenoxy) is 1. The smallest absolute Gasteiger partial charge is 0.274 e. The second-order valence-corrected chi connectivity index (χ2v) is 9.22. The van der Waals surface area contributed by atoms with Crippen LogP contribution < -0.4 is 15.0 Å². The van der Waals surface area contributed by atoms with Crippen LogP contribution in [0.2, 0.25) is 0 Å². The van der Waals surface area contributed by atoms with Gasteiger partial charge in [-0.15, -0.1) is 0 Å². The molecule has 1 fully saturated rings. The van der Waals surface area contributed by atoms with Crippen molar-refractivity contribution in [2.75, 3.05) is 37.5 Å². The Kier molecular flexibility index (Phi) is 6.66. The van der Waals surface area contributed by atoms with Gasteiger partial charge >= 0.3 is 0 Å². The van der Waals surface area contributed by atoms with E-state index in [4.69, 9.17) is 4.74 Å². The van der Waals surface area contributed by atoms with Crippen LogP contribution in [0.4, 0.5) is 15.8 Å². The highest BCUT2D eigenvalue weighted by molar-refractivity contribution is 6.09. The first-order valence-electron chi connectivity index (χ1n) is 12.2. The van der Waals surface area contributed by atoms with Gasteiger partial charge in [0.1, 0.15) is 17.3 Å². The van der Waals surface area contributed by atoms with Gasteiger partial charge in [0.05, 0.1) is 35.8 Å². The van der Waals surface area contributed by atoms with E-state index in [2.05, 4.69) is 25.3 Å². The molecule has 196 valence electrons. The van der Waals surface area contributed by atoms with Gasteiger partial charge in [0.25, 0.3) is 5.91 Å². The number of nitrogens with zero attached hydrogens (tertiary/aromatic N) is 6. The number of likely N-dealkylation sites (N-methyl/N-ethyl adjacent to an activating group) is 1. The van der Waals surface area contributed by atoms with Gasteiger partial charge in [-0.3, -0.25) is 14.3 Å². The molecule has 11 heteroatoms. The summed E-state index contributed by atoms with van der Waals surface area (Å²) in [5, 5.41) is 8.25. The lowest BCUT2D eigenvalue weighted by Gasteiger charge is -2.29. The molecule has 1 saturated heterocycles. The molecule has 1 atom stereocenters. The van der Waals surface area contributed by atoms with Crippen molar-refractivity contribution < 1.29 is 18.7 Å². The molecule has 0 spiro atoms. The average Bonchev–Trinajstić information content (AvgIpc) is 3.56. The van der Waals surface area contributed by atoms with Crippen molar-refractivity contribution in [1.29, 1.82) is 0 Å². The van der Waals surface area contributed by atoms with E-state index >= 15 is 0 Å². The lowest BCUT2D eigenvalue weighted by Crippen LogP contribution is -2.36. The number of hydrogen-bond donors (Lipinski definition) is 1. The van der Waals surface area contributed by atoms with Crippen LogP contribution in [-0.4, -0.2) is 69.8 Å². The molecule has 2 aromatic heterocycles. The maximum Gasteiger partial charge on any atom is 0.274 e. The minimum atomic E-state index is -0.552. The minimum Gasteiger partial charge on any atom is -0.496 e. The van der Waals surface area contributed by atoms with E-state index in [1.165, 1.54) is 31.5 Å². The SMILES string of the molecule is COc1cccc(F)c1-c1nccc(C(=O)Nc2ccc3c(cnn3C)c2N(C)C2CCN(C(C)=O)C2)n1. The molecule has 1 aliphatic rings. The molecule has 0 aliphatic carbocycles. The summed E-state index contributed by atoms with van der Waals surface area (Å²) < 4.78 is 21.7. The van der Waals surface area contributed by atoms with Crippen molar-refractivity contribution >= 4 is 34.1 Å². The molecule has 10 nitrogen and oxygen atoms in total. The Hall–Kier alpha value is -4.54. The Labute approximate surface area is 219 Å².